The summed E-state index contributed by atoms with van der Waals surface area (Å²) >= 11 is 1.74. The van der Waals surface area contributed by atoms with Crippen LogP contribution < -0.4 is 0 Å². The van der Waals surface area contributed by atoms with Gasteiger partial charge in [-0.1, -0.05) is 85.9 Å². The van der Waals surface area contributed by atoms with Crippen LogP contribution in [-0.2, 0) is 31.3 Å². The molecule has 1 N–H and O–H groups in total. The van der Waals surface area contributed by atoms with Gasteiger partial charge in [0.25, 0.3) is 0 Å². The molecule has 5 rings (SSSR count). The number of allylic oxidation sites excluding steroid dienone is 2. The number of thiophene rings is 1. The van der Waals surface area contributed by atoms with Gasteiger partial charge < -0.3 is 9.52 Å². The Labute approximate surface area is 293 Å². The number of para-hydroxylation sites is 1. The van der Waals surface area contributed by atoms with Crippen molar-refractivity contribution < 1.29 is 34.4 Å². The van der Waals surface area contributed by atoms with E-state index in [4.69, 9.17) is 9.40 Å². The molecule has 249 valence electrons. The molecular formula is C40H50IrNO3S-. The molecule has 0 spiro atoms. The van der Waals surface area contributed by atoms with Crippen LogP contribution in [0.15, 0.2) is 64.1 Å². The van der Waals surface area contributed by atoms with Gasteiger partial charge in [0.15, 0.2) is 5.78 Å². The topological polar surface area (TPSA) is 63.3 Å². The molecule has 0 saturated carbocycles. The first-order valence-electron chi connectivity index (χ1n) is 16.6. The Bertz CT molecular complexity index is 1780. The molecule has 1 radical (unpaired) electrons. The Morgan fingerprint density at radius 3 is 2.22 bits per heavy atom. The van der Waals surface area contributed by atoms with Crippen molar-refractivity contribution in [2.75, 3.05) is 0 Å². The number of carbonyl (C=O) groups is 1. The largest absolute Gasteiger partial charge is 0.512 e. The molecule has 0 aliphatic heterocycles. The molecule has 6 heteroatoms. The second kappa shape index (κ2) is 16.4. The molecule has 0 atom stereocenters. The quantitative estimate of drug-likeness (QED) is 0.0866. The number of fused-ring (bicyclic) bond motifs is 4. The van der Waals surface area contributed by atoms with Crippen LogP contribution in [0.5, 0.6) is 0 Å². The second-order valence-electron chi connectivity index (χ2n) is 13.6. The molecule has 46 heavy (non-hydrogen) atoms. The van der Waals surface area contributed by atoms with E-state index in [0.717, 1.165) is 71.0 Å². The van der Waals surface area contributed by atoms with Crippen molar-refractivity contribution >= 4 is 49.1 Å². The Hall–Kier alpha value is -2.79. The van der Waals surface area contributed by atoms with Gasteiger partial charge in [-0.15, -0.1) is 23.3 Å². The van der Waals surface area contributed by atoms with Crippen molar-refractivity contribution in [3.05, 3.63) is 77.1 Å². The number of hydrogen-bond acceptors (Lipinski definition) is 5. The van der Waals surface area contributed by atoms with Gasteiger partial charge in [-0.05, 0) is 71.0 Å². The van der Waals surface area contributed by atoms with Crippen molar-refractivity contribution in [3.8, 4) is 11.3 Å². The summed E-state index contributed by atoms with van der Waals surface area (Å²) in [5.74, 6) is 2.00. The monoisotopic (exact) mass is 817 g/mol. The van der Waals surface area contributed by atoms with Gasteiger partial charge >= 0.3 is 0 Å². The number of nitrogens with zero attached hydrogens (tertiary/aromatic N) is 1. The van der Waals surface area contributed by atoms with Crippen molar-refractivity contribution in [1.82, 2.24) is 4.98 Å². The van der Waals surface area contributed by atoms with Crippen LogP contribution in [0.25, 0.3) is 43.2 Å². The Morgan fingerprint density at radius 2 is 1.61 bits per heavy atom. The first-order valence-corrected chi connectivity index (χ1v) is 17.5. The predicted molar refractivity (Wildman–Crippen MR) is 192 cm³/mol. The molecule has 3 aromatic heterocycles. The predicted octanol–water partition coefficient (Wildman–Crippen LogP) is 12.2. The number of hydrogen-bond donors (Lipinski definition) is 1. The zero-order chi connectivity index (χ0) is 32.9. The van der Waals surface area contributed by atoms with E-state index in [1.807, 2.05) is 33.8 Å². The van der Waals surface area contributed by atoms with Gasteiger partial charge in [0.1, 0.15) is 11.3 Å². The zero-order valence-electron chi connectivity index (χ0n) is 28.9. The summed E-state index contributed by atoms with van der Waals surface area (Å²) < 4.78 is 7.61. The van der Waals surface area contributed by atoms with E-state index in [-0.39, 0.29) is 48.9 Å². The minimum atomic E-state index is 0. The summed E-state index contributed by atoms with van der Waals surface area (Å²) in [7, 11) is 0. The number of pyridine rings is 1. The molecule has 0 aliphatic rings. The number of aliphatic hydroxyl groups is 1. The number of aromatic nitrogens is 1. The van der Waals surface area contributed by atoms with Gasteiger partial charge in [0.05, 0.1) is 11.3 Å². The zero-order valence-corrected chi connectivity index (χ0v) is 32.1. The molecule has 0 unspecified atom stereocenters. The number of benzene rings is 2. The second-order valence-corrected chi connectivity index (χ2v) is 14.5. The fraction of sp³-hybridized carbons (Fsp3) is 0.450. The SMILES string of the molecule is CC(C)c1cc(-c2nc3ccccc3c3oc(CC(C)(C)C)cc23)[c-]c2sccc12.CCC(CC)C(=O)/C=C(\O)C(CC)CC.[Ir]. The van der Waals surface area contributed by atoms with Gasteiger partial charge in [0.2, 0.25) is 0 Å². The average molecular weight is 817 g/mol. The van der Waals surface area contributed by atoms with Crippen LogP contribution in [0.2, 0.25) is 0 Å². The maximum absolute atomic E-state index is 11.7. The van der Waals surface area contributed by atoms with Crippen LogP contribution in [0.3, 0.4) is 0 Å². The maximum Gasteiger partial charge on any atom is 0.162 e. The van der Waals surface area contributed by atoms with Crippen molar-refractivity contribution in [2.45, 2.75) is 100 Å². The minimum Gasteiger partial charge on any atom is -0.512 e. The van der Waals surface area contributed by atoms with Crippen LogP contribution in [0.4, 0.5) is 0 Å². The summed E-state index contributed by atoms with van der Waals surface area (Å²) in [4.78, 5) is 16.8. The van der Waals surface area contributed by atoms with Crippen LogP contribution in [0.1, 0.15) is 105 Å². The summed E-state index contributed by atoms with van der Waals surface area (Å²) in [6.45, 7) is 19.3. The number of carbonyl (C=O) groups excluding carboxylic acids is 1. The Balaban J connectivity index is 0.000000309. The van der Waals surface area contributed by atoms with E-state index < -0.39 is 0 Å². The summed E-state index contributed by atoms with van der Waals surface area (Å²) in [5.41, 5.74) is 5.41. The third-order valence-electron chi connectivity index (χ3n) is 8.61. The number of furan rings is 1. The van der Waals surface area contributed by atoms with E-state index in [1.54, 1.807) is 11.3 Å². The number of aliphatic hydroxyl groups excluding tert-OH is 1. The fourth-order valence-electron chi connectivity index (χ4n) is 5.99. The van der Waals surface area contributed by atoms with E-state index in [9.17, 15) is 9.90 Å². The molecule has 0 fully saturated rings. The Kier molecular flexibility index (Phi) is 13.4. The van der Waals surface area contributed by atoms with Gasteiger partial charge in [-0.25, -0.2) is 0 Å². The van der Waals surface area contributed by atoms with Gasteiger partial charge in [-0.3, -0.25) is 9.78 Å². The standard InChI is InChI=1S/C27H26NOS.C13H24O2.Ir/c1-16(2)21-12-17(13-24-19(21)10-11-30-24)25-22-14-18(15-27(3,4)5)29-26(22)20-8-6-7-9-23(20)28-25;1-5-10(6-2)12(14)9-13(15)11(7-3)8-4;/h6-12,14,16H,15H2,1-5H3;9-11,14H,5-8H2,1-4H3;/q-1;;/b;12-9-;. The van der Waals surface area contributed by atoms with E-state index in [1.165, 1.54) is 21.7 Å². The van der Waals surface area contributed by atoms with E-state index in [0.29, 0.717) is 5.92 Å². The molecular weight excluding hydrogens is 767 g/mol. The van der Waals surface area contributed by atoms with E-state index in [2.05, 4.69) is 82.5 Å². The normalized spacial score (nSPS) is 12.3. The average Bonchev–Trinajstić information content (AvgIpc) is 3.64. The van der Waals surface area contributed by atoms with Crippen LogP contribution in [0, 0.1) is 23.3 Å². The first-order chi connectivity index (χ1) is 21.4. The number of rotatable bonds is 10. The molecule has 4 nitrogen and oxygen atoms in total. The maximum atomic E-state index is 11.7. The van der Waals surface area contributed by atoms with Gasteiger partial charge in [0, 0.05) is 55.2 Å². The number of ketones is 1. The molecule has 2 aromatic carbocycles. The molecule has 0 aliphatic carbocycles. The van der Waals surface area contributed by atoms with Crippen molar-refractivity contribution in [1.29, 1.82) is 0 Å². The summed E-state index contributed by atoms with van der Waals surface area (Å²) in [6.07, 6.45) is 5.80. The molecule has 5 aromatic rings. The van der Waals surface area contributed by atoms with Crippen LogP contribution in [-0.4, -0.2) is 15.9 Å². The molecule has 0 bridgehead atoms. The van der Waals surface area contributed by atoms with Crippen molar-refractivity contribution in [3.63, 3.8) is 0 Å². The Morgan fingerprint density at radius 1 is 0.957 bits per heavy atom. The van der Waals surface area contributed by atoms with E-state index >= 15 is 0 Å². The minimum absolute atomic E-state index is 0. The van der Waals surface area contributed by atoms with Crippen LogP contribution >= 0.6 is 11.3 Å². The first kappa shape index (κ1) is 37.7. The van der Waals surface area contributed by atoms with Crippen molar-refractivity contribution in [2.24, 2.45) is 17.3 Å². The summed E-state index contributed by atoms with van der Waals surface area (Å²) in [5, 5.41) is 15.4. The third-order valence-corrected chi connectivity index (χ3v) is 9.44. The third kappa shape index (κ3) is 8.76. The fourth-order valence-corrected chi connectivity index (χ4v) is 6.81. The summed E-state index contributed by atoms with van der Waals surface area (Å²) in [6, 6.07) is 18.6. The molecule has 0 amide bonds. The van der Waals surface area contributed by atoms with Gasteiger partial charge in [-0.2, -0.15) is 11.3 Å². The molecule has 3 heterocycles. The smallest absolute Gasteiger partial charge is 0.162 e. The molecule has 0 saturated heterocycles.